The van der Waals surface area contributed by atoms with Gasteiger partial charge in [0.15, 0.2) is 0 Å². The Morgan fingerprint density at radius 1 is 1.33 bits per heavy atom. The maximum atomic E-state index is 12.3. The summed E-state index contributed by atoms with van der Waals surface area (Å²) in [6, 6.07) is 8.35. The van der Waals surface area contributed by atoms with E-state index < -0.39 is 12.0 Å². The molecule has 0 radical (unpaired) electrons. The van der Waals surface area contributed by atoms with E-state index in [0.29, 0.717) is 13.0 Å². The monoisotopic (exact) mass is 290 g/mol. The number of carboxylic acid groups (broad SMARTS) is 1. The second-order valence-corrected chi connectivity index (χ2v) is 5.57. The maximum absolute atomic E-state index is 12.3. The Morgan fingerprint density at radius 3 is 2.67 bits per heavy atom. The molecule has 5 nitrogen and oxygen atoms in total. The SMILES string of the molecule is C[C@H]1CCCCN1C(=O)N[C@@H](Cc1ccccc1)C(=O)O. The predicted octanol–water partition coefficient (Wildman–Crippen LogP) is 2.27. The van der Waals surface area contributed by atoms with Crippen LogP contribution in [0.5, 0.6) is 0 Å². The number of nitrogens with zero attached hydrogens (tertiary/aromatic N) is 1. The van der Waals surface area contributed by atoms with Crippen LogP contribution in [0.4, 0.5) is 4.79 Å². The van der Waals surface area contributed by atoms with E-state index in [9.17, 15) is 14.7 Å². The van der Waals surface area contributed by atoms with Crippen LogP contribution in [0.2, 0.25) is 0 Å². The van der Waals surface area contributed by atoms with Gasteiger partial charge in [-0.25, -0.2) is 9.59 Å². The lowest BCUT2D eigenvalue weighted by atomic mass is 10.0. The third-order valence-electron chi connectivity index (χ3n) is 3.94. The lowest BCUT2D eigenvalue weighted by Crippen LogP contribution is -2.52. The van der Waals surface area contributed by atoms with Gasteiger partial charge in [-0.3, -0.25) is 0 Å². The average Bonchev–Trinajstić information content (AvgIpc) is 2.48. The molecule has 2 atom stereocenters. The highest BCUT2D eigenvalue weighted by Crippen LogP contribution is 2.16. The summed E-state index contributed by atoms with van der Waals surface area (Å²) in [4.78, 5) is 25.4. The van der Waals surface area contributed by atoms with Crippen molar-refractivity contribution in [3.8, 4) is 0 Å². The number of rotatable bonds is 4. The van der Waals surface area contributed by atoms with Crippen molar-refractivity contribution in [1.82, 2.24) is 10.2 Å². The molecule has 0 aliphatic carbocycles. The summed E-state index contributed by atoms with van der Waals surface area (Å²) in [5.74, 6) is -1.00. The largest absolute Gasteiger partial charge is 0.480 e. The number of carboxylic acids is 1. The van der Waals surface area contributed by atoms with E-state index in [4.69, 9.17) is 0 Å². The fourth-order valence-corrected chi connectivity index (χ4v) is 2.68. The molecule has 5 heteroatoms. The first-order valence-electron chi connectivity index (χ1n) is 7.42. The standard InChI is InChI=1S/C16H22N2O3/c1-12-7-5-6-10-18(12)16(21)17-14(15(19)20)11-13-8-3-2-4-9-13/h2-4,8-9,12,14H,5-7,10-11H2,1H3,(H,17,21)(H,19,20)/t12-,14-/m0/s1. The number of likely N-dealkylation sites (tertiary alicyclic amines) is 1. The molecule has 0 aromatic heterocycles. The molecule has 0 saturated carbocycles. The number of benzene rings is 1. The van der Waals surface area contributed by atoms with E-state index in [2.05, 4.69) is 5.32 Å². The van der Waals surface area contributed by atoms with E-state index in [0.717, 1.165) is 24.8 Å². The van der Waals surface area contributed by atoms with Gasteiger partial charge in [0.2, 0.25) is 0 Å². The first kappa shape index (κ1) is 15.4. The number of hydrogen-bond acceptors (Lipinski definition) is 2. The molecule has 0 unspecified atom stereocenters. The van der Waals surface area contributed by atoms with Gasteiger partial charge in [-0.1, -0.05) is 30.3 Å². The van der Waals surface area contributed by atoms with E-state index in [1.165, 1.54) is 0 Å². The van der Waals surface area contributed by atoms with Crippen molar-refractivity contribution < 1.29 is 14.7 Å². The summed E-state index contributed by atoms with van der Waals surface area (Å²) >= 11 is 0. The summed E-state index contributed by atoms with van der Waals surface area (Å²) in [6.45, 7) is 2.70. The number of carbonyl (C=O) groups is 2. The summed E-state index contributed by atoms with van der Waals surface area (Å²) in [7, 11) is 0. The summed E-state index contributed by atoms with van der Waals surface area (Å²) < 4.78 is 0. The Labute approximate surface area is 125 Å². The van der Waals surface area contributed by atoms with Crippen molar-refractivity contribution in [2.45, 2.75) is 44.7 Å². The third-order valence-corrected chi connectivity index (χ3v) is 3.94. The molecule has 1 aromatic rings. The van der Waals surface area contributed by atoms with Crippen molar-refractivity contribution in [2.75, 3.05) is 6.54 Å². The van der Waals surface area contributed by atoms with Gasteiger partial charge in [-0.05, 0) is 31.7 Å². The predicted molar refractivity (Wildman–Crippen MR) is 80.1 cm³/mol. The number of carbonyl (C=O) groups excluding carboxylic acids is 1. The Kier molecular flexibility index (Phi) is 5.20. The van der Waals surface area contributed by atoms with Gasteiger partial charge in [-0.2, -0.15) is 0 Å². The van der Waals surface area contributed by atoms with Crippen LogP contribution in [0, 0.1) is 0 Å². The normalized spacial score (nSPS) is 19.9. The van der Waals surface area contributed by atoms with Gasteiger partial charge in [0.05, 0.1) is 0 Å². The molecule has 1 aromatic carbocycles. The van der Waals surface area contributed by atoms with Crippen LogP contribution in [0.1, 0.15) is 31.7 Å². The molecule has 2 N–H and O–H groups in total. The van der Waals surface area contributed by atoms with E-state index in [1.807, 2.05) is 37.3 Å². The Balaban J connectivity index is 1.99. The van der Waals surface area contributed by atoms with Gasteiger partial charge < -0.3 is 15.3 Å². The molecule has 1 aliphatic rings. The Morgan fingerprint density at radius 2 is 2.05 bits per heavy atom. The molecule has 21 heavy (non-hydrogen) atoms. The fourth-order valence-electron chi connectivity index (χ4n) is 2.68. The number of hydrogen-bond donors (Lipinski definition) is 2. The molecule has 2 rings (SSSR count). The van der Waals surface area contributed by atoms with Crippen molar-refractivity contribution in [3.63, 3.8) is 0 Å². The van der Waals surface area contributed by atoms with E-state index >= 15 is 0 Å². The van der Waals surface area contributed by atoms with Crippen molar-refractivity contribution >= 4 is 12.0 Å². The first-order valence-corrected chi connectivity index (χ1v) is 7.42. The van der Waals surface area contributed by atoms with Crippen molar-refractivity contribution in [3.05, 3.63) is 35.9 Å². The minimum absolute atomic E-state index is 0.171. The van der Waals surface area contributed by atoms with Crippen molar-refractivity contribution in [2.24, 2.45) is 0 Å². The highest BCUT2D eigenvalue weighted by Gasteiger charge is 2.27. The zero-order chi connectivity index (χ0) is 15.2. The minimum Gasteiger partial charge on any atom is -0.480 e. The zero-order valence-electron chi connectivity index (χ0n) is 12.3. The Bertz CT molecular complexity index is 490. The summed E-state index contributed by atoms with van der Waals surface area (Å²) in [5.41, 5.74) is 0.900. The van der Waals surface area contributed by atoms with Gasteiger partial charge in [0.25, 0.3) is 0 Å². The number of piperidine rings is 1. The maximum Gasteiger partial charge on any atom is 0.326 e. The van der Waals surface area contributed by atoms with E-state index in [-0.39, 0.29) is 12.1 Å². The molecule has 1 heterocycles. The number of amides is 2. The first-order chi connectivity index (χ1) is 10.1. The molecule has 1 fully saturated rings. The molecule has 0 bridgehead atoms. The topological polar surface area (TPSA) is 69.6 Å². The average molecular weight is 290 g/mol. The van der Waals surface area contributed by atoms with Crippen LogP contribution in [0.15, 0.2) is 30.3 Å². The molecule has 114 valence electrons. The zero-order valence-corrected chi connectivity index (χ0v) is 12.3. The lowest BCUT2D eigenvalue weighted by molar-refractivity contribution is -0.139. The molecular formula is C16H22N2O3. The van der Waals surface area contributed by atoms with Gasteiger partial charge in [0.1, 0.15) is 6.04 Å². The lowest BCUT2D eigenvalue weighted by Gasteiger charge is -2.34. The van der Waals surface area contributed by atoms with Gasteiger partial charge >= 0.3 is 12.0 Å². The molecule has 0 spiro atoms. The molecule has 1 saturated heterocycles. The quantitative estimate of drug-likeness (QED) is 0.893. The highest BCUT2D eigenvalue weighted by atomic mass is 16.4. The molecule has 2 amide bonds. The Hall–Kier alpha value is -2.04. The van der Waals surface area contributed by atoms with Crippen LogP contribution in [-0.4, -0.2) is 40.6 Å². The second kappa shape index (κ2) is 7.11. The summed E-state index contributed by atoms with van der Waals surface area (Å²) in [6.07, 6.45) is 3.37. The smallest absolute Gasteiger partial charge is 0.326 e. The van der Waals surface area contributed by atoms with Crippen LogP contribution in [-0.2, 0) is 11.2 Å². The number of urea groups is 1. The molecular weight excluding hydrogens is 268 g/mol. The van der Waals surface area contributed by atoms with Crippen LogP contribution >= 0.6 is 0 Å². The summed E-state index contributed by atoms with van der Waals surface area (Å²) in [5, 5.41) is 12.0. The minimum atomic E-state index is -1.00. The second-order valence-electron chi connectivity index (χ2n) is 5.57. The third kappa shape index (κ3) is 4.21. The fraction of sp³-hybridized carbons (Fsp3) is 0.500. The number of aliphatic carboxylic acids is 1. The van der Waals surface area contributed by atoms with Crippen molar-refractivity contribution in [1.29, 1.82) is 0 Å². The van der Waals surface area contributed by atoms with Crippen LogP contribution < -0.4 is 5.32 Å². The van der Waals surface area contributed by atoms with Gasteiger partial charge in [0, 0.05) is 19.0 Å². The number of nitrogens with one attached hydrogen (secondary N) is 1. The molecule has 1 aliphatic heterocycles. The van der Waals surface area contributed by atoms with Crippen LogP contribution in [0.25, 0.3) is 0 Å². The van der Waals surface area contributed by atoms with Crippen LogP contribution in [0.3, 0.4) is 0 Å². The van der Waals surface area contributed by atoms with Gasteiger partial charge in [-0.15, -0.1) is 0 Å². The highest BCUT2D eigenvalue weighted by molar-refractivity contribution is 5.83. The van der Waals surface area contributed by atoms with E-state index in [1.54, 1.807) is 4.90 Å².